The topological polar surface area (TPSA) is 49.3 Å². The number of nitrogens with one attached hydrogen (secondary N) is 1. The Morgan fingerprint density at radius 3 is 2.39 bits per heavy atom. The fourth-order valence-corrected chi connectivity index (χ4v) is 3.53. The molecule has 3 nitrogen and oxygen atoms in total. The normalized spacial score (nSPS) is 16.2. The number of hydrogen-bond donors (Lipinski definition) is 2. The van der Waals surface area contributed by atoms with E-state index in [1.54, 1.807) is 12.1 Å². The van der Waals surface area contributed by atoms with Crippen LogP contribution in [-0.4, -0.2) is 11.0 Å². The molecule has 1 fully saturated rings. The van der Waals surface area contributed by atoms with Crippen molar-refractivity contribution in [2.45, 2.75) is 37.6 Å². The number of benzene rings is 2. The molecule has 0 radical (unpaired) electrons. The van der Waals surface area contributed by atoms with Gasteiger partial charge in [0.2, 0.25) is 5.91 Å². The summed E-state index contributed by atoms with van der Waals surface area (Å²) >= 11 is 5.97. The van der Waals surface area contributed by atoms with E-state index in [9.17, 15) is 9.90 Å². The van der Waals surface area contributed by atoms with E-state index >= 15 is 0 Å². The van der Waals surface area contributed by atoms with Crippen molar-refractivity contribution >= 4 is 17.5 Å². The number of amides is 1. The number of rotatable bonds is 4. The van der Waals surface area contributed by atoms with Gasteiger partial charge >= 0.3 is 0 Å². The minimum absolute atomic E-state index is 0.0283. The predicted octanol–water partition coefficient (Wildman–Crippen LogP) is 4.17. The Labute approximate surface area is 141 Å². The molecule has 0 bridgehead atoms. The van der Waals surface area contributed by atoms with E-state index in [1.165, 1.54) is 0 Å². The maximum atomic E-state index is 12.9. The highest BCUT2D eigenvalue weighted by Gasteiger charge is 2.42. The molecule has 0 atom stereocenters. The van der Waals surface area contributed by atoms with Crippen molar-refractivity contribution in [2.75, 3.05) is 0 Å². The molecule has 0 unspecified atom stereocenters. The molecule has 1 aliphatic rings. The Morgan fingerprint density at radius 1 is 1.09 bits per heavy atom. The zero-order chi connectivity index (χ0) is 16.3. The van der Waals surface area contributed by atoms with E-state index in [4.69, 9.17) is 11.6 Å². The van der Waals surface area contributed by atoms with Crippen molar-refractivity contribution in [3.8, 4) is 5.75 Å². The Bertz CT molecular complexity index is 691. The van der Waals surface area contributed by atoms with Gasteiger partial charge in [-0.15, -0.1) is 0 Å². The predicted molar refractivity (Wildman–Crippen MR) is 91.6 cm³/mol. The molecule has 2 aromatic carbocycles. The second kappa shape index (κ2) is 6.63. The zero-order valence-electron chi connectivity index (χ0n) is 12.9. The molecule has 1 aliphatic carbocycles. The molecule has 4 heteroatoms. The lowest BCUT2D eigenvalue weighted by Crippen LogP contribution is -2.42. The number of carbonyl (C=O) groups is 1. The molecule has 2 N–H and O–H groups in total. The van der Waals surface area contributed by atoms with E-state index < -0.39 is 5.41 Å². The van der Waals surface area contributed by atoms with Crippen LogP contribution in [0, 0.1) is 0 Å². The van der Waals surface area contributed by atoms with Crippen molar-refractivity contribution in [2.24, 2.45) is 0 Å². The van der Waals surface area contributed by atoms with Crippen LogP contribution in [0.2, 0.25) is 5.02 Å². The first-order valence-corrected chi connectivity index (χ1v) is 8.31. The van der Waals surface area contributed by atoms with Crippen molar-refractivity contribution in [3.05, 3.63) is 64.7 Å². The first kappa shape index (κ1) is 15.9. The summed E-state index contributed by atoms with van der Waals surface area (Å²) in [7, 11) is 0. The van der Waals surface area contributed by atoms with Crippen LogP contribution in [0.4, 0.5) is 0 Å². The second-order valence-electron chi connectivity index (χ2n) is 6.11. The second-order valence-corrected chi connectivity index (χ2v) is 6.54. The van der Waals surface area contributed by atoms with Crippen molar-refractivity contribution < 1.29 is 9.90 Å². The smallest absolute Gasteiger partial charge is 0.230 e. The lowest BCUT2D eigenvalue weighted by atomic mass is 9.78. The molecular formula is C19H20ClNO2. The fraction of sp³-hybridized carbons (Fsp3) is 0.316. The highest BCUT2D eigenvalue weighted by atomic mass is 35.5. The minimum atomic E-state index is -0.477. The Hall–Kier alpha value is -2.00. The number of halogens is 1. The average Bonchev–Trinajstić information content (AvgIpc) is 3.05. The molecule has 3 rings (SSSR count). The molecular weight excluding hydrogens is 310 g/mol. The summed E-state index contributed by atoms with van der Waals surface area (Å²) in [5.41, 5.74) is 1.27. The molecule has 0 aromatic heterocycles. The first-order valence-electron chi connectivity index (χ1n) is 7.93. The lowest BCUT2D eigenvalue weighted by Gasteiger charge is -2.28. The average molecular weight is 330 g/mol. The van der Waals surface area contributed by atoms with E-state index in [1.807, 2.05) is 36.4 Å². The Morgan fingerprint density at radius 2 is 1.74 bits per heavy atom. The number of hydrogen-bond acceptors (Lipinski definition) is 2. The van der Waals surface area contributed by atoms with E-state index in [2.05, 4.69) is 5.32 Å². The molecule has 2 aromatic rings. The van der Waals surface area contributed by atoms with E-state index in [0.29, 0.717) is 11.6 Å². The van der Waals surface area contributed by atoms with Crippen LogP contribution in [0.5, 0.6) is 5.75 Å². The standard InChI is InChI=1S/C19H20ClNO2/c20-16-9-7-15(8-10-16)19(11-3-4-12-19)18(23)21-13-14-5-1-2-6-17(14)22/h1-2,5-10,22H,3-4,11-13H2,(H,21,23). The maximum absolute atomic E-state index is 12.9. The summed E-state index contributed by atoms with van der Waals surface area (Å²) in [6, 6.07) is 14.7. The number of phenols is 1. The van der Waals surface area contributed by atoms with Crippen LogP contribution in [0.1, 0.15) is 36.8 Å². The fourth-order valence-electron chi connectivity index (χ4n) is 3.40. The van der Waals surface area contributed by atoms with Gasteiger partial charge in [0.25, 0.3) is 0 Å². The highest BCUT2D eigenvalue weighted by molar-refractivity contribution is 6.30. The largest absolute Gasteiger partial charge is 0.508 e. The van der Waals surface area contributed by atoms with Gasteiger partial charge in [0.15, 0.2) is 0 Å². The number of para-hydroxylation sites is 1. The third-order valence-corrected chi connectivity index (χ3v) is 4.97. The van der Waals surface area contributed by atoms with E-state index in [-0.39, 0.29) is 11.7 Å². The minimum Gasteiger partial charge on any atom is -0.508 e. The zero-order valence-corrected chi connectivity index (χ0v) is 13.6. The van der Waals surface area contributed by atoms with Gasteiger partial charge in [0.1, 0.15) is 5.75 Å². The SMILES string of the molecule is O=C(NCc1ccccc1O)C1(c2ccc(Cl)cc2)CCCC1. The summed E-state index contributed by atoms with van der Waals surface area (Å²) in [5, 5.41) is 13.5. The number of phenolic OH excluding ortho intramolecular Hbond substituents is 1. The molecule has 0 aliphatic heterocycles. The molecule has 1 saturated carbocycles. The van der Waals surface area contributed by atoms with Gasteiger partial charge < -0.3 is 10.4 Å². The van der Waals surface area contributed by atoms with Crippen LogP contribution in [-0.2, 0) is 16.8 Å². The monoisotopic (exact) mass is 329 g/mol. The summed E-state index contributed by atoms with van der Waals surface area (Å²) in [5.74, 6) is 0.236. The van der Waals surface area contributed by atoms with Gasteiger partial charge in [-0.2, -0.15) is 0 Å². The van der Waals surface area contributed by atoms with Gasteiger partial charge in [-0.25, -0.2) is 0 Å². The van der Waals surface area contributed by atoms with E-state index in [0.717, 1.165) is 36.8 Å². The highest BCUT2D eigenvalue weighted by Crippen LogP contribution is 2.41. The van der Waals surface area contributed by atoms with Crippen molar-refractivity contribution in [1.29, 1.82) is 0 Å². The molecule has 1 amide bonds. The number of carbonyl (C=O) groups excluding carboxylic acids is 1. The summed E-state index contributed by atoms with van der Waals surface area (Å²) in [4.78, 5) is 12.9. The molecule has 0 spiro atoms. The van der Waals surface area contributed by atoms with Crippen LogP contribution >= 0.6 is 11.6 Å². The van der Waals surface area contributed by atoms with Crippen LogP contribution in [0.25, 0.3) is 0 Å². The summed E-state index contributed by atoms with van der Waals surface area (Å²) in [6.07, 6.45) is 3.79. The summed E-state index contributed by atoms with van der Waals surface area (Å²) < 4.78 is 0. The lowest BCUT2D eigenvalue weighted by molar-refractivity contribution is -0.126. The third-order valence-electron chi connectivity index (χ3n) is 4.72. The molecule has 0 saturated heterocycles. The van der Waals surface area contributed by atoms with Crippen LogP contribution in [0.15, 0.2) is 48.5 Å². The molecule has 0 heterocycles. The third kappa shape index (κ3) is 3.20. The van der Waals surface area contributed by atoms with Crippen molar-refractivity contribution in [1.82, 2.24) is 5.32 Å². The molecule has 120 valence electrons. The van der Waals surface area contributed by atoms with Crippen LogP contribution < -0.4 is 5.32 Å². The van der Waals surface area contributed by atoms with Gasteiger partial charge in [0.05, 0.1) is 5.41 Å². The van der Waals surface area contributed by atoms with Crippen molar-refractivity contribution in [3.63, 3.8) is 0 Å². The summed E-state index contributed by atoms with van der Waals surface area (Å²) in [6.45, 7) is 0.334. The molecule has 23 heavy (non-hydrogen) atoms. The van der Waals surface area contributed by atoms with Crippen LogP contribution in [0.3, 0.4) is 0 Å². The van der Waals surface area contributed by atoms with Gasteiger partial charge in [-0.3, -0.25) is 4.79 Å². The quantitative estimate of drug-likeness (QED) is 0.884. The first-order chi connectivity index (χ1) is 11.1. The number of aromatic hydroxyl groups is 1. The Balaban J connectivity index is 1.79. The van der Waals surface area contributed by atoms with Gasteiger partial charge in [-0.1, -0.05) is 54.8 Å². The Kier molecular flexibility index (Phi) is 4.58. The maximum Gasteiger partial charge on any atom is 0.230 e. The van der Waals surface area contributed by atoms with Gasteiger partial charge in [-0.05, 0) is 36.6 Å². The van der Waals surface area contributed by atoms with Gasteiger partial charge in [0, 0.05) is 17.1 Å².